The first-order chi connectivity index (χ1) is 14.1. The smallest absolute Gasteiger partial charge is 0.347 e. The fraction of sp³-hybridized carbons (Fsp3) is 0.304. The molecule has 0 saturated carbocycles. The Morgan fingerprint density at radius 2 is 2.10 bits per heavy atom. The average Bonchev–Trinajstić information content (AvgIpc) is 3.15. The Kier molecular flexibility index (Phi) is 4.36. The number of hydrogen-bond acceptors (Lipinski definition) is 5. The van der Waals surface area contributed by atoms with Crippen LogP contribution in [-0.2, 0) is 6.54 Å². The van der Waals surface area contributed by atoms with Gasteiger partial charge in [-0.2, -0.15) is 0 Å². The predicted octanol–water partition coefficient (Wildman–Crippen LogP) is 4.42. The highest BCUT2D eigenvalue weighted by Gasteiger charge is 2.22. The van der Waals surface area contributed by atoms with Gasteiger partial charge < -0.3 is 14.5 Å². The van der Waals surface area contributed by atoms with E-state index >= 15 is 0 Å². The summed E-state index contributed by atoms with van der Waals surface area (Å²) in [5, 5.41) is 11.3. The standard InChI is InChI=1S/C23H23N3O3/c1-14-6-4-5-11-26(14)13-17-20(27)10-9-15-12-16(23(28)29-21(15)17)22-24-18-7-2-3-8-19(18)25-22/h2-3,7-10,12,14,27H,4-6,11,13H2,1H3,(H,24,25)/t14-/m1/s1. The molecular formula is C23H23N3O3. The van der Waals surface area contributed by atoms with Gasteiger partial charge in [0.15, 0.2) is 0 Å². The third-order valence-electron chi connectivity index (χ3n) is 5.93. The number of aromatic hydroxyl groups is 1. The van der Waals surface area contributed by atoms with Crippen molar-refractivity contribution in [2.75, 3.05) is 6.54 Å². The summed E-state index contributed by atoms with van der Waals surface area (Å²) in [6, 6.07) is 13.3. The second-order valence-electron chi connectivity index (χ2n) is 7.85. The number of phenolic OH excluding ortho intramolecular Hbond substituents is 1. The normalized spacial score (nSPS) is 17.9. The van der Waals surface area contributed by atoms with E-state index in [0.717, 1.165) is 35.8 Å². The van der Waals surface area contributed by atoms with Crippen molar-refractivity contribution in [1.82, 2.24) is 14.9 Å². The maximum atomic E-state index is 12.8. The van der Waals surface area contributed by atoms with Gasteiger partial charge in [0.1, 0.15) is 22.7 Å². The summed E-state index contributed by atoms with van der Waals surface area (Å²) >= 11 is 0. The lowest BCUT2D eigenvalue weighted by atomic mass is 10.0. The van der Waals surface area contributed by atoms with Crippen LogP contribution in [0, 0.1) is 0 Å². The van der Waals surface area contributed by atoms with E-state index in [-0.39, 0.29) is 5.75 Å². The second kappa shape index (κ2) is 7.04. The average molecular weight is 389 g/mol. The first kappa shape index (κ1) is 17.9. The first-order valence-corrected chi connectivity index (χ1v) is 10.1. The molecule has 0 amide bonds. The molecule has 1 aliphatic rings. The Morgan fingerprint density at radius 1 is 1.24 bits per heavy atom. The fourth-order valence-electron chi connectivity index (χ4n) is 4.23. The number of hydrogen-bond donors (Lipinski definition) is 2. The van der Waals surface area contributed by atoms with Crippen molar-refractivity contribution in [2.45, 2.75) is 38.8 Å². The van der Waals surface area contributed by atoms with Gasteiger partial charge in [0, 0.05) is 18.0 Å². The summed E-state index contributed by atoms with van der Waals surface area (Å²) in [7, 11) is 0. The van der Waals surface area contributed by atoms with Crippen molar-refractivity contribution in [1.29, 1.82) is 0 Å². The minimum Gasteiger partial charge on any atom is -0.507 e. The minimum absolute atomic E-state index is 0.162. The molecule has 6 heteroatoms. The minimum atomic E-state index is -0.463. The van der Waals surface area contributed by atoms with Gasteiger partial charge >= 0.3 is 5.63 Å². The summed E-state index contributed by atoms with van der Waals surface area (Å²) < 4.78 is 5.73. The molecule has 2 aromatic carbocycles. The van der Waals surface area contributed by atoms with Gasteiger partial charge in [0.05, 0.1) is 16.6 Å². The summed E-state index contributed by atoms with van der Waals surface area (Å²) in [5.74, 6) is 0.649. The first-order valence-electron chi connectivity index (χ1n) is 10.1. The number of H-pyrrole nitrogens is 1. The van der Waals surface area contributed by atoms with Crippen LogP contribution in [-0.4, -0.2) is 32.6 Å². The van der Waals surface area contributed by atoms with Crippen molar-refractivity contribution >= 4 is 22.0 Å². The number of aromatic nitrogens is 2. The quantitative estimate of drug-likeness (QED) is 0.507. The lowest BCUT2D eigenvalue weighted by molar-refractivity contribution is 0.151. The van der Waals surface area contributed by atoms with Crippen molar-refractivity contribution in [3.63, 3.8) is 0 Å². The zero-order valence-electron chi connectivity index (χ0n) is 16.3. The van der Waals surface area contributed by atoms with Crippen LogP contribution >= 0.6 is 0 Å². The third kappa shape index (κ3) is 3.19. The maximum absolute atomic E-state index is 12.8. The Morgan fingerprint density at radius 3 is 2.93 bits per heavy atom. The lowest BCUT2D eigenvalue weighted by Gasteiger charge is -2.33. The summed E-state index contributed by atoms with van der Waals surface area (Å²) in [6.45, 7) is 3.76. The number of phenols is 1. The molecule has 148 valence electrons. The molecule has 1 saturated heterocycles. The maximum Gasteiger partial charge on any atom is 0.347 e. The van der Waals surface area contributed by atoms with Crippen LogP contribution in [0.4, 0.5) is 0 Å². The molecule has 2 aromatic heterocycles. The van der Waals surface area contributed by atoms with Gasteiger partial charge in [0.2, 0.25) is 0 Å². The number of piperidine rings is 1. The summed E-state index contributed by atoms with van der Waals surface area (Å²) in [6.07, 6.45) is 3.52. The molecule has 6 nitrogen and oxygen atoms in total. The summed E-state index contributed by atoms with van der Waals surface area (Å²) in [4.78, 5) is 22.9. The number of aromatic amines is 1. The molecule has 1 fully saturated rings. The number of likely N-dealkylation sites (tertiary alicyclic amines) is 1. The van der Waals surface area contributed by atoms with Gasteiger partial charge in [-0.05, 0) is 56.6 Å². The van der Waals surface area contributed by atoms with Crippen molar-refractivity contribution in [3.05, 3.63) is 58.4 Å². The molecule has 0 unspecified atom stereocenters. The number of nitrogens with one attached hydrogen (secondary N) is 1. The molecule has 1 atom stereocenters. The lowest BCUT2D eigenvalue weighted by Crippen LogP contribution is -2.36. The molecule has 0 radical (unpaired) electrons. The van der Waals surface area contributed by atoms with Crippen LogP contribution in [0.5, 0.6) is 5.75 Å². The van der Waals surface area contributed by atoms with Crippen LogP contribution in [0.25, 0.3) is 33.4 Å². The monoisotopic (exact) mass is 389 g/mol. The van der Waals surface area contributed by atoms with Crippen molar-refractivity contribution in [2.24, 2.45) is 0 Å². The fourth-order valence-corrected chi connectivity index (χ4v) is 4.23. The molecule has 0 aliphatic carbocycles. The number of fused-ring (bicyclic) bond motifs is 2. The van der Waals surface area contributed by atoms with Gasteiger partial charge in [0.25, 0.3) is 0 Å². The van der Waals surface area contributed by atoms with Crippen molar-refractivity contribution in [3.8, 4) is 17.1 Å². The van der Waals surface area contributed by atoms with Gasteiger partial charge in [-0.25, -0.2) is 9.78 Å². The number of imidazole rings is 1. The van der Waals surface area contributed by atoms with E-state index in [1.807, 2.05) is 24.3 Å². The largest absolute Gasteiger partial charge is 0.507 e. The Hall–Kier alpha value is -3.12. The summed E-state index contributed by atoms with van der Waals surface area (Å²) in [5.41, 5.74) is 2.71. The van der Waals surface area contributed by atoms with E-state index in [0.29, 0.717) is 35.1 Å². The predicted molar refractivity (Wildman–Crippen MR) is 113 cm³/mol. The van der Waals surface area contributed by atoms with E-state index in [9.17, 15) is 9.90 Å². The van der Waals surface area contributed by atoms with Crippen LogP contribution < -0.4 is 5.63 Å². The van der Waals surface area contributed by atoms with Crippen LogP contribution in [0.2, 0.25) is 0 Å². The molecule has 1 aliphatic heterocycles. The second-order valence-corrected chi connectivity index (χ2v) is 7.85. The molecule has 4 aromatic rings. The van der Waals surface area contributed by atoms with Crippen LogP contribution in [0.3, 0.4) is 0 Å². The third-order valence-corrected chi connectivity index (χ3v) is 5.93. The topological polar surface area (TPSA) is 82.4 Å². The van der Waals surface area contributed by atoms with Crippen molar-refractivity contribution < 1.29 is 9.52 Å². The number of rotatable bonds is 3. The Balaban J connectivity index is 1.60. The van der Waals surface area contributed by atoms with Crippen LogP contribution in [0.1, 0.15) is 31.7 Å². The van der Waals surface area contributed by atoms with E-state index < -0.39 is 5.63 Å². The van der Waals surface area contributed by atoms with E-state index in [1.54, 1.807) is 18.2 Å². The zero-order chi connectivity index (χ0) is 20.0. The molecular weight excluding hydrogens is 366 g/mol. The van der Waals surface area contributed by atoms with Gasteiger partial charge in [-0.3, -0.25) is 4.90 Å². The Labute approximate surface area is 167 Å². The number of nitrogens with zero attached hydrogens (tertiary/aromatic N) is 2. The number of benzene rings is 2. The molecule has 2 N–H and O–H groups in total. The van der Waals surface area contributed by atoms with Gasteiger partial charge in [-0.15, -0.1) is 0 Å². The van der Waals surface area contributed by atoms with E-state index in [1.165, 1.54) is 6.42 Å². The number of para-hydroxylation sites is 2. The van der Waals surface area contributed by atoms with E-state index in [2.05, 4.69) is 21.8 Å². The molecule has 3 heterocycles. The van der Waals surface area contributed by atoms with E-state index in [4.69, 9.17) is 4.42 Å². The highest BCUT2D eigenvalue weighted by molar-refractivity contribution is 5.86. The van der Waals surface area contributed by atoms with Crippen LogP contribution in [0.15, 0.2) is 51.7 Å². The highest BCUT2D eigenvalue weighted by atomic mass is 16.4. The highest BCUT2D eigenvalue weighted by Crippen LogP contribution is 2.31. The Bertz CT molecular complexity index is 1220. The molecule has 0 bridgehead atoms. The molecule has 5 rings (SSSR count). The SMILES string of the molecule is C[C@@H]1CCCCN1Cc1c(O)ccc2cc(-c3nc4ccccc4[nH]3)c(=O)oc12. The van der Waals surface area contributed by atoms with Gasteiger partial charge in [-0.1, -0.05) is 18.6 Å². The molecule has 29 heavy (non-hydrogen) atoms. The zero-order valence-corrected chi connectivity index (χ0v) is 16.3. The molecule has 0 spiro atoms.